The molecule has 0 aliphatic carbocycles. The summed E-state index contributed by atoms with van der Waals surface area (Å²) in [6.07, 6.45) is 0. The molecule has 0 aromatic heterocycles. The number of rotatable bonds is 5. The van der Waals surface area contributed by atoms with Crippen molar-refractivity contribution in [2.75, 3.05) is 11.9 Å². The highest BCUT2D eigenvalue weighted by atomic mass is 19.1. The summed E-state index contributed by atoms with van der Waals surface area (Å²) in [6, 6.07) is 10.7. The molecule has 2 aromatic carbocycles. The van der Waals surface area contributed by atoms with Crippen LogP contribution in [-0.2, 0) is 6.54 Å². The van der Waals surface area contributed by atoms with Gasteiger partial charge in [-0.3, -0.25) is 4.79 Å². The van der Waals surface area contributed by atoms with Crippen molar-refractivity contribution < 1.29 is 14.3 Å². The predicted molar refractivity (Wildman–Crippen MR) is 79.8 cm³/mol. The fraction of sp³-hybridized carbons (Fsp3) is 0.188. The Bertz CT molecular complexity index is 644. The summed E-state index contributed by atoms with van der Waals surface area (Å²) in [5, 5.41) is 15.5. The minimum atomic E-state index is -0.586. The second-order valence-corrected chi connectivity index (χ2v) is 4.60. The van der Waals surface area contributed by atoms with E-state index in [0.29, 0.717) is 12.2 Å². The maximum Gasteiger partial charge on any atom is 0.259 e. The average Bonchev–Trinajstić information content (AvgIpc) is 2.45. The van der Waals surface area contributed by atoms with E-state index in [4.69, 9.17) is 0 Å². The fourth-order valence-electron chi connectivity index (χ4n) is 1.92. The molecule has 3 N–H and O–H groups in total. The van der Waals surface area contributed by atoms with Crippen molar-refractivity contribution >= 4 is 11.6 Å². The van der Waals surface area contributed by atoms with Gasteiger partial charge in [-0.1, -0.05) is 19.1 Å². The highest BCUT2D eigenvalue weighted by molar-refractivity contribution is 6.06. The second kappa shape index (κ2) is 6.85. The van der Waals surface area contributed by atoms with E-state index < -0.39 is 11.7 Å². The number of amides is 1. The summed E-state index contributed by atoms with van der Waals surface area (Å²) in [4.78, 5) is 12.1. The topological polar surface area (TPSA) is 61.4 Å². The van der Waals surface area contributed by atoms with E-state index >= 15 is 0 Å². The van der Waals surface area contributed by atoms with E-state index in [0.717, 1.165) is 24.2 Å². The zero-order valence-corrected chi connectivity index (χ0v) is 11.7. The summed E-state index contributed by atoms with van der Waals surface area (Å²) in [7, 11) is 0. The lowest BCUT2D eigenvalue weighted by Crippen LogP contribution is -2.14. The standard InChI is InChI=1S/C16H17FN2O2/c1-2-18-10-11-4-3-5-13(8-11)19-16(21)14-7-6-12(17)9-15(14)20/h3-9,18,20H,2,10H2,1H3,(H,19,21). The molecule has 21 heavy (non-hydrogen) atoms. The third-order valence-electron chi connectivity index (χ3n) is 2.97. The molecular formula is C16H17FN2O2. The molecule has 4 nitrogen and oxygen atoms in total. The SMILES string of the molecule is CCNCc1cccc(NC(=O)c2ccc(F)cc2O)c1. The van der Waals surface area contributed by atoms with Crippen molar-refractivity contribution in [1.29, 1.82) is 0 Å². The van der Waals surface area contributed by atoms with Crippen LogP contribution in [0.25, 0.3) is 0 Å². The summed E-state index contributed by atoms with van der Waals surface area (Å²) in [6.45, 7) is 3.59. The summed E-state index contributed by atoms with van der Waals surface area (Å²) >= 11 is 0. The number of hydrogen-bond donors (Lipinski definition) is 3. The number of hydrogen-bond acceptors (Lipinski definition) is 3. The van der Waals surface area contributed by atoms with Gasteiger partial charge in [0.2, 0.25) is 0 Å². The predicted octanol–water partition coefficient (Wildman–Crippen LogP) is 2.89. The maximum absolute atomic E-state index is 12.9. The van der Waals surface area contributed by atoms with Crippen LogP contribution in [0.4, 0.5) is 10.1 Å². The number of benzene rings is 2. The van der Waals surface area contributed by atoms with Crippen molar-refractivity contribution in [3.05, 3.63) is 59.4 Å². The van der Waals surface area contributed by atoms with Crippen LogP contribution in [-0.4, -0.2) is 17.6 Å². The molecule has 0 atom stereocenters. The van der Waals surface area contributed by atoms with Crippen LogP contribution in [0.15, 0.2) is 42.5 Å². The molecule has 0 bridgehead atoms. The number of carbonyl (C=O) groups excluding carboxylic acids is 1. The normalized spacial score (nSPS) is 10.4. The Balaban J connectivity index is 2.12. The first-order valence-corrected chi connectivity index (χ1v) is 6.69. The molecule has 0 aliphatic rings. The Labute approximate surface area is 122 Å². The van der Waals surface area contributed by atoms with Crippen molar-refractivity contribution in [2.45, 2.75) is 13.5 Å². The van der Waals surface area contributed by atoms with Crippen LogP contribution < -0.4 is 10.6 Å². The maximum atomic E-state index is 12.9. The number of nitrogens with one attached hydrogen (secondary N) is 2. The van der Waals surface area contributed by atoms with Gasteiger partial charge in [0.05, 0.1) is 5.56 Å². The first-order valence-electron chi connectivity index (χ1n) is 6.69. The molecule has 2 rings (SSSR count). The number of carbonyl (C=O) groups is 1. The van der Waals surface area contributed by atoms with Crippen LogP contribution in [0.1, 0.15) is 22.8 Å². The molecule has 0 aliphatic heterocycles. The van der Waals surface area contributed by atoms with Crippen molar-refractivity contribution in [2.24, 2.45) is 0 Å². The first kappa shape index (κ1) is 15.0. The molecule has 0 saturated carbocycles. The first-order chi connectivity index (χ1) is 10.1. The van der Waals surface area contributed by atoms with Gasteiger partial charge >= 0.3 is 0 Å². The molecule has 0 saturated heterocycles. The van der Waals surface area contributed by atoms with Crippen LogP contribution >= 0.6 is 0 Å². The van der Waals surface area contributed by atoms with Gasteiger partial charge in [-0.15, -0.1) is 0 Å². The monoisotopic (exact) mass is 288 g/mol. The lowest BCUT2D eigenvalue weighted by Gasteiger charge is -2.09. The van der Waals surface area contributed by atoms with Gasteiger partial charge in [0, 0.05) is 18.3 Å². The zero-order chi connectivity index (χ0) is 15.2. The Morgan fingerprint density at radius 1 is 1.24 bits per heavy atom. The van der Waals surface area contributed by atoms with Crippen LogP contribution in [0.5, 0.6) is 5.75 Å². The lowest BCUT2D eigenvalue weighted by atomic mass is 10.1. The average molecular weight is 288 g/mol. The molecule has 5 heteroatoms. The van der Waals surface area contributed by atoms with E-state index in [1.807, 2.05) is 25.1 Å². The Morgan fingerprint density at radius 2 is 2.05 bits per heavy atom. The Morgan fingerprint density at radius 3 is 2.76 bits per heavy atom. The third kappa shape index (κ3) is 4.03. The van der Waals surface area contributed by atoms with Crippen LogP contribution in [0.3, 0.4) is 0 Å². The van der Waals surface area contributed by atoms with Crippen molar-refractivity contribution in [3.63, 3.8) is 0 Å². The summed E-state index contributed by atoms with van der Waals surface area (Å²) < 4.78 is 12.9. The zero-order valence-electron chi connectivity index (χ0n) is 11.7. The van der Waals surface area contributed by atoms with E-state index in [1.165, 1.54) is 6.07 Å². The van der Waals surface area contributed by atoms with Gasteiger partial charge < -0.3 is 15.7 Å². The van der Waals surface area contributed by atoms with Gasteiger partial charge in [0.1, 0.15) is 11.6 Å². The van der Waals surface area contributed by atoms with Crippen LogP contribution in [0.2, 0.25) is 0 Å². The molecular weight excluding hydrogens is 271 g/mol. The molecule has 0 radical (unpaired) electrons. The van der Waals surface area contributed by atoms with Crippen molar-refractivity contribution in [1.82, 2.24) is 5.32 Å². The van der Waals surface area contributed by atoms with Crippen molar-refractivity contribution in [3.8, 4) is 5.75 Å². The number of phenolic OH excluding ortho intramolecular Hbond substituents is 1. The fourth-order valence-corrected chi connectivity index (χ4v) is 1.92. The molecule has 1 amide bonds. The van der Waals surface area contributed by atoms with E-state index in [2.05, 4.69) is 10.6 Å². The quantitative estimate of drug-likeness (QED) is 0.793. The van der Waals surface area contributed by atoms with E-state index in [9.17, 15) is 14.3 Å². The molecule has 0 unspecified atom stereocenters. The van der Waals surface area contributed by atoms with Gasteiger partial charge in [0.25, 0.3) is 5.91 Å². The number of halogens is 1. The number of aromatic hydroxyl groups is 1. The second-order valence-electron chi connectivity index (χ2n) is 4.60. The largest absolute Gasteiger partial charge is 0.507 e. The van der Waals surface area contributed by atoms with Gasteiger partial charge in [-0.05, 0) is 36.4 Å². The lowest BCUT2D eigenvalue weighted by molar-refractivity contribution is 0.102. The molecule has 110 valence electrons. The van der Waals surface area contributed by atoms with E-state index in [1.54, 1.807) is 6.07 Å². The van der Waals surface area contributed by atoms with Crippen LogP contribution in [0, 0.1) is 5.82 Å². The minimum absolute atomic E-state index is 0.0356. The summed E-state index contributed by atoms with van der Waals surface area (Å²) in [5.41, 5.74) is 1.70. The summed E-state index contributed by atoms with van der Waals surface area (Å²) in [5.74, 6) is -1.44. The van der Waals surface area contributed by atoms with E-state index in [-0.39, 0.29) is 11.3 Å². The van der Waals surface area contributed by atoms with Gasteiger partial charge in [-0.2, -0.15) is 0 Å². The Hall–Kier alpha value is -2.40. The Kier molecular flexibility index (Phi) is 4.90. The highest BCUT2D eigenvalue weighted by Crippen LogP contribution is 2.20. The number of anilines is 1. The molecule has 2 aromatic rings. The number of phenols is 1. The third-order valence-corrected chi connectivity index (χ3v) is 2.97. The highest BCUT2D eigenvalue weighted by Gasteiger charge is 2.12. The smallest absolute Gasteiger partial charge is 0.259 e. The molecule has 0 spiro atoms. The molecule has 0 fully saturated rings. The minimum Gasteiger partial charge on any atom is -0.507 e. The molecule has 0 heterocycles. The van der Waals surface area contributed by atoms with Gasteiger partial charge in [-0.25, -0.2) is 4.39 Å². The van der Waals surface area contributed by atoms with Gasteiger partial charge in [0.15, 0.2) is 0 Å².